The van der Waals surface area contributed by atoms with Crippen LogP contribution in [0.15, 0.2) is 30.3 Å². The molecule has 0 aromatic heterocycles. The number of amides is 1. The van der Waals surface area contributed by atoms with Crippen LogP contribution in [0, 0.1) is 0 Å². The Bertz CT molecular complexity index is 570. The van der Waals surface area contributed by atoms with E-state index < -0.39 is 20.5 Å². The largest absolute Gasteiger partial charge is 0.465 e. The van der Waals surface area contributed by atoms with Gasteiger partial charge in [0.25, 0.3) is 0 Å². The minimum absolute atomic E-state index is 0.0561. The molecule has 6 heteroatoms. The maximum Gasteiger partial charge on any atom is 0.407 e. The van der Waals surface area contributed by atoms with Gasteiger partial charge in [-0.3, -0.25) is 4.90 Å². The van der Waals surface area contributed by atoms with Gasteiger partial charge in [0.15, 0.2) is 8.32 Å². The molecule has 3 atom stereocenters. The Hall–Kier alpha value is -1.37. The minimum atomic E-state index is -1.99. The van der Waals surface area contributed by atoms with Gasteiger partial charge in [-0.15, -0.1) is 0 Å². The second kappa shape index (κ2) is 6.86. The van der Waals surface area contributed by atoms with E-state index in [9.17, 15) is 15.0 Å². The number of likely N-dealkylation sites (tertiary alicyclic amines) is 1. The number of β-amino-alcohol motifs (C(OH)–C–C–N with tert-alkyl or cyclic N) is 1. The number of aliphatic hydroxyl groups excluding tert-OH is 1. The van der Waals surface area contributed by atoms with Crippen LogP contribution in [0.2, 0.25) is 18.1 Å². The summed E-state index contributed by atoms with van der Waals surface area (Å²) in [6.45, 7) is 11.2. The Morgan fingerprint density at radius 1 is 1.29 bits per heavy atom. The van der Waals surface area contributed by atoms with Crippen molar-refractivity contribution in [1.82, 2.24) is 4.90 Å². The molecule has 1 aliphatic rings. The number of carbonyl (C=O) groups is 1. The van der Waals surface area contributed by atoms with Crippen molar-refractivity contribution in [2.75, 3.05) is 13.2 Å². The van der Waals surface area contributed by atoms with Crippen LogP contribution in [0.4, 0.5) is 4.79 Å². The Balaban J connectivity index is 2.25. The van der Waals surface area contributed by atoms with E-state index in [1.807, 2.05) is 30.3 Å². The molecule has 3 unspecified atom stereocenters. The Morgan fingerprint density at radius 2 is 1.88 bits per heavy atom. The Labute approximate surface area is 145 Å². The zero-order valence-corrected chi connectivity index (χ0v) is 16.2. The van der Waals surface area contributed by atoms with Gasteiger partial charge in [-0.2, -0.15) is 0 Å². The van der Waals surface area contributed by atoms with Crippen LogP contribution in [-0.2, 0) is 4.43 Å². The number of aliphatic hydroxyl groups is 1. The van der Waals surface area contributed by atoms with Gasteiger partial charge < -0.3 is 14.6 Å². The van der Waals surface area contributed by atoms with Crippen LogP contribution in [0.3, 0.4) is 0 Å². The van der Waals surface area contributed by atoms with E-state index in [2.05, 4.69) is 33.9 Å². The van der Waals surface area contributed by atoms with Gasteiger partial charge in [-0.25, -0.2) is 4.79 Å². The van der Waals surface area contributed by atoms with Crippen LogP contribution < -0.4 is 0 Å². The lowest BCUT2D eigenvalue weighted by atomic mass is 9.90. The van der Waals surface area contributed by atoms with Crippen LogP contribution in [-0.4, -0.2) is 54.8 Å². The lowest BCUT2D eigenvalue weighted by Gasteiger charge is -2.38. The monoisotopic (exact) mass is 351 g/mol. The summed E-state index contributed by atoms with van der Waals surface area (Å²) in [7, 11) is -1.99. The lowest BCUT2D eigenvalue weighted by Crippen LogP contribution is -2.46. The summed E-state index contributed by atoms with van der Waals surface area (Å²) in [5, 5.41) is 20.1. The van der Waals surface area contributed by atoms with Crippen molar-refractivity contribution >= 4 is 14.4 Å². The molecular formula is C18H29NO4Si. The standard InChI is InChI=1S/C18H29NO4Si/c1-18(2,3)24(4,5)23-12-14-16(13-9-7-6-8-10-13)15(20)11-19(14)17(21)22/h6-10,14-16,20H,11-12H2,1-5H3,(H,21,22). The van der Waals surface area contributed by atoms with Gasteiger partial charge in [-0.1, -0.05) is 51.1 Å². The third-order valence-electron chi connectivity index (χ3n) is 5.46. The van der Waals surface area contributed by atoms with Gasteiger partial charge in [0, 0.05) is 5.92 Å². The molecule has 2 rings (SSSR count). The summed E-state index contributed by atoms with van der Waals surface area (Å²) in [4.78, 5) is 13.0. The molecule has 0 radical (unpaired) electrons. The Morgan fingerprint density at radius 3 is 2.38 bits per heavy atom. The fourth-order valence-corrected chi connectivity index (χ4v) is 3.96. The molecule has 0 bridgehead atoms. The van der Waals surface area contributed by atoms with E-state index >= 15 is 0 Å². The quantitative estimate of drug-likeness (QED) is 0.814. The molecule has 1 aromatic rings. The highest BCUT2D eigenvalue weighted by Crippen LogP contribution is 2.39. The molecule has 0 aliphatic carbocycles. The second-order valence-electron chi connectivity index (χ2n) is 8.08. The number of rotatable bonds is 4. The van der Waals surface area contributed by atoms with Crippen molar-refractivity contribution in [1.29, 1.82) is 0 Å². The van der Waals surface area contributed by atoms with Gasteiger partial charge in [0.05, 0.1) is 25.3 Å². The summed E-state index contributed by atoms with van der Waals surface area (Å²) in [5.41, 5.74) is 0.956. The minimum Gasteiger partial charge on any atom is -0.465 e. The van der Waals surface area contributed by atoms with E-state index in [1.54, 1.807) is 0 Å². The maximum atomic E-state index is 11.6. The highest BCUT2D eigenvalue weighted by molar-refractivity contribution is 6.74. The topological polar surface area (TPSA) is 70.0 Å². The molecule has 1 amide bonds. The van der Waals surface area contributed by atoms with E-state index in [0.717, 1.165) is 5.56 Å². The first kappa shape index (κ1) is 19.0. The first-order valence-corrected chi connectivity index (χ1v) is 11.3. The zero-order chi connectivity index (χ0) is 18.1. The summed E-state index contributed by atoms with van der Waals surface area (Å²) in [6, 6.07) is 9.26. The molecule has 1 saturated heterocycles. The SMILES string of the molecule is CC(C)(C)[Si](C)(C)OCC1C(c2ccccc2)C(O)CN1C(=O)O. The summed E-state index contributed by atoms with van der Waals surface area (Å²) >= 11 is 0. The summed E-state index contributed by atoms with van der Waals surface area (Å²) in [6.07, 6.45) is -1.71. The molecule has 5 nitrogen and oxygen atoms in total. The summed E-state index contributed by atoms with van der Waals surface area (Å²) < 4.78 is 6.28. The lowest BCUT2D eigenvalue weighted by molar-refractivity contribution is 0.115. The second-order valence-corrected chi connectivity index (χ2v) is 12.9. The molecule has 0 saturated carbocycles. The predicted molar refractivity (Wildman–Crippen MR) is 96.9 cm³/mol. The molecule has 1 aromatic carbocycles. The van der Waals surface area contributed by atoms with Crippen molar-refractivity contribution in [2.24, 2.45) is 0 Å². The number of hydrogen-bond acceptors (Lipinski definition) is 3. The van der Waals surface area contributed by atoms with Crippen molar-refractivity contribution < 1.29 is 19.4 Å². The normalized spacial score (nSPS) is 25.1. The Kier molecular flexibility index (Phi) is 5.42. The fourth-order valence-electron chi connectivity index (χ4n) is 2.94. The number of benzene rings is 1. The van der Waals surface area contributed by atoms with Crippen molar-refractivity contribution in [3.63, 3.8) is 0 Å². The van der Waals surface area contributed by atoms with Gasteiger partial charge in [-0.05, 0) is 23.7 Å². The summed E-state index contributed by atoms with van der Waals surface area (Å²) in [5.74, 6) is -0.257. The molecule has 1 heterocycles. The van der Waals surface area contributed by atoms with Gasteiger partial charge in [0.2, 0.25) is 0 Å². The van der Waals surface area contributed by atoms with E-state index in [0.29, 0.717) is 6.61 Å². The smallest absolute Gasteiger partial charge is 0.407 e. The average Bonchev–Trinajstić information content (AvgIpc) is 2.82. The van der Waals surface area contributed by atoms with E-state index in [4.69, 9.17) is 4.43 Å². The predicted octanol–water partition coefficient (Wildman–Crippen LogP) is 3.52. The highest BCUT2D eigenvalue weighted by Gasteiger charge is 2.46. The van der Waals surface area contributed by atoms with Gasteiger partial charge in [0.1, 0.15) is 0 Å². The molecule has 1 aliphatic heterocycles. The first-order chi connectivity index (χ1) is 11.0. The molecule has 2 N–H and O–H groups in total. The van der Waals surface area contributed by atoms with E-state index in [-0.39, 0.29) is 23.5 Å². The van der Waals surface area contributed by atoms with Crippen molar-refractivity contribution in [3.8, 4) is 0 Å². The van der Waals surface area contributed by atoms with Crippen molar-refractivity contribution in [2.45, 2.75) is 57.0 Å². The molecule has 0 spiro atoms. The number of hydrogen-bond donors (Lipinski definition) is 2. The van der Waals surface area contributed by atoms with E-state index in [1.165, 1.54) is 4.90 Å². The molecule has 1 fully saturated rings. The van der Waals surface area contributed by atoms with Crippen LogP contribution in [0.25, 0.3) is 0 Å². The number of nitrogens with zero attached hydrogens (tertiary/aromatic N) is 1. The molecule has 134 valence electrons. The zero-order valence-electron chi connectivity index (χ0n) is 15.2. The van der Waals surface area contributed by atoms with Gasteiger partial charge >= 0.3 is 6.09 Å². The molecular weight excluding hydrogens is 322 g/mol. The van der Waals surface area contributed by atoms with Crippen LogP contribution in [0.1, 0.15) is 32.3 Å². The number of carboxylic acid groups (broad SMARTS) is 1. The highest BCUT2D eigenvalue weighted by atomic mass is 28.4. The van der Waals surface area contributed by atoms with Crippen LogP contribution >= 0.6 is 0 Å². The maximum absolute atomic E-state index is 11.6. The molecule has 24 heavy (non-hydrogen) atoms. The first-order valence-electron chi connectivity index (χ1n) is 8.41. The third kappa shape index (κ3) is 3.82. The van der Waals surface area contributed by atoms with Crippen molar-refractivity contribution in [3.05, 3.63) is 35.9 Å². The van der Waals surface area contributed by atoms with Crippen LogP contribution in [0.5, 0.6) is 0 Å². The average molecular weight is 352 g/mol. The third-order valence-corrected chi connectivity index (χ3v) is 9.97. The fraction of sp³-hybridized carbons (Fsp3) is 0.611.